The minimum atomic E-state index is -0.545. The highest BCUT2D eigenvalue weighted by Gasteiger charge is 2.14. The zero-order valence-corrected chi connectivity index (χ0v) is 12.4. The third-order valence-electron chi connectivity index (χ3n) is 2.92. The quantitative estimate of drug-likeness (QED) is 0.373. The van der Waals surface area contributed by atoms with Crippen LogP contribution in [0.4, 0.5) is 17.1 Å². The lowest BCUT2D eigenvalue weighted by atomic mass is 10.2. The van der Waals surface area contributed by atoms with Gasteiger partial charge in [0, 0.05) is 10.6 Å². The van der Waals surface area contributed by atoms with Crippen LogP contribution in [0.5, 0.6) is 5.75 Å². The first kappa shape index (κ1) is 14.9. The maximum Gasteiger partial charge on any atom is 0.296 e. The van der Waals surface area contributed by atoms with E-state index in [1.165, 1.54) is 30.2 Å². The lowest BCUT2D eigenvalue weighted by molar-refractivity contribution is -0.384. The molecule has 0 saturated carbocycles. The van der Waals surface area contributed by atoms with Gasteiger partial charge in [-0.1, -0.05) is 11.8 Å². The number of aromatic nitrogens is 3. The molecule has 0 aliphatic carbocycles. The topological polar surface area (TPSA) is 117 Å². The fraction of sp³-hybridized carbons (Fsp3) is 0. The molecule has 0 spiro atoms. The maximum absolute atomic E-state index is 11.0. The van der Waals surface area contributed by atoms with Gasteiger partial charge < -0.3 is 10.4 Å². The molecular weight excluding hydrogens is 318 g/mol. The van der Waals surface area contributed by atoms with Crippen molar-refractivity contribution < 1.29 is 10.0 Å². The fourth-order valence-electron chi connectivity index (χ4n) is 1.89. The van der Waals surface area contributed by atoms with Crippen LogP contribution in [0.15, 0.2) is 58.8 Å². The second kappa shape index (κ2) is 6.36. The van der Waals surface area contributed by atoms with Crippen LogP contribution in [0, 0.1) is 10.1 Å². The molecule has 3 rings (SSSR count). The summed E-state index contributed by atoms with van der Waals surface area (Å²) < 4.78 is 0. The molecule has 0 bridgehead atoms. The van der Waals surface area contributed by atoms with Gasteiger partial charge in [-0.15, -0.1) is 0 Å². The first-order valence-corrected chi connectivity index (χ1v) is 7.31. The van der Waals surface area contributed by atoms with E-state index < -0.39 is 4.92 Å². The Labute approximate surface area is 134 Å². The molecule has 0 radical (unpaired) electrons. The Morgan fingerprint density at radius 3 is 2.65 bits per heavy atom. The van der Waals surface area contributed by atoms with Crippen LogP contribution in [-0.4, -0.2) is 25.2 Å². The number of nitrogens with zero attached hydrogens (tertiary/aromatic N) is 3. The Balaban J connectivity index is 1.77. The van der Waals surface area contributed by atoms with Crippen molar-refractivity contribution in [3.8, 4) is 5.75 Å². The standard InChI is InChI=1S/C14H11N5O3S/c20-10-3-6-12(13(7-10)19(21)22)17-9-1-4-11(5-2-9)23-14-15-8-16-18-14/h1-8,17,20H,(H,15,16,18). The second-order valence-corrected chi connectivity index (χ2v) is 5.56. The number of aromatic amines is 1. The van der Waals surface area contributed by atoms with Crippen molar-refractivity contribution in [2.75, 3.05) is 5.32 Å². The van der Waals surface area contributed by atoms with E-state index >= 15 is 0 Å². The van der Waals surface area contributed by atoms with Crippen molar-refractivity contribution in [2.45, 2.75) is 10.1 Å². The number of rotatable bonds is 5. The summed E-state index contributed by atoms with van der Waals surface area (Å²) in [6, 6.07) is 11.3. The molecule has 0 aliphatic heterocycles. The van der Waals surface area contributed by atoms with E-state index in [0.29, 0.717) is 16.5 Å². The summed E-state index contributed by atoms with van der Waals surface area (Å²) in [5.41, 5.74) is 0.814. The number of nitro groups is 1. The molecular formula is C14H11N5O3S. The Morgan fingerprint density at radius 2 is 2.00 bits per heavy atom. The zero-order chi connectivity index (χ0) is 16.2. The van der Waals surface area contributed by atoms with Gasteiger partial charge in [0.1, 0.15) is 17.8 Å². The van der Waals surface area contributed by atoms with Crippen LogP contribution < -0.4 is 5.32 Å². The summed E-state index contributed by atoms with van der Waals surface area (Å²) in [4.78, 5) is 15.5. The summed E-state index contributed by atoms with van der Waals surface area (Å²) in [5.74, 6) is -0.152. The molecule has 1 aromatic heterocycles. The van der Waals surface area contributed by atoms with Crippen molar-refractivity contribution in [3.05, 3.63) is 58.9 Å². The van der Waals surface area contributed by atoms with E-state index in [9.17, 15) is 15.2 Å². The largest absolute Gasteiger partial charge is 0.508 e. The third kappa shape index (κ3) is 3.58. The summed E-state index contributed by atoms with van der Waals surface area (Å²) in [6.45, 7) is 0. The lowest BCUT2D eigenvalue weighted by Gasteiger charge is -2.08. The molecule has 0 amide bonds. The van der Waals surface area contributed by atoms with Gasteiger partial charge in [-0.3, -0.25) is 15.2 Å². The summed E-state index contributed by atoms with van der Waals surface area (Å²) in [7, 11) is 0. The van der Waals surface area contributed by atoms with Crippen LogP contribution in [0.3, 0.4) is 0 Å². The van der Waals surface area contributed by atoms with Crippen LogP contribution >= 0.6 is 11.8 Å². The fourth-order valence-corrected chi connectivity index (χ4v) is 2.59. The van der Waals surface area contributed by atoms with Crippen LogP contribution in [0.25, 0.3) is 0 Å². The van der Waals surface area contributed by atoms with E-state index in [-0.39, 0.29) is 11.4 Å². The van der Waals surface area contributed by atoms with Gasteiger partial charge in [0.2, 0.25) is 0 Å². The summed E-state index contributed by atoms with van der Waals surface area (Å²) >= 11 is 1.42. The molecule has 8 nitrogen and oxygen atoms in total. The van der Waals surface area contributed by atoms with Crippen LogP contribution in [0.2, 0.25) is 0 Å². The third-order valence-corrected chi connectivity index (χ3v) is 3.82. The van der Waals surface area contributed by atoms with Gasteiger partial charge in [-0.2, -0.15) is 5.10 Å². The Bertz CT molecular complexity index is 821. The van der Waals surface area contributed by atoms with E-state index in [1.807, 2.05) is 12.1 Å². The molecule has 3 aromatic rings. The minimum Gasteiger partial charge on any atom is -0.508 e. The number of phenolic OH excluding ortho intramolecular Hbond substituents is 1. The summed E-state index contributed by atoms with van der Waals surface area (Å²) in [6.07, 6.45) is 1.43. The Kier molecular flexibility index (Phi) is 4.11. The number of benzene rings is 2. The van der Waals surface area contributed by atoms with Gasteiger partial charge in [0.05, 0.1) is 11.0 Å². The van der Waals surface area contributed by atoms with Crippen molar-refractivity contribution >= 4 is 28.8 Å². The van der Waals surface area contributed by atoms with E-state index in [4.69, 9.17) is 0 Å². The van der Waals surface area contributed by atoms with Gasteiger partial charge >= 0.3 is 0 Å². The van der Waals surface area contributed by atoms with Crippen molar-refractivity contribution in [3.63, 3.8) is 0 Å². The Hall–Kier alpha value is -3.07. The van der Waals surface area contributed by atoms with Crippen LogP contribution in [0.1, 0.15) is 0 Å². The molecule has 0 atom stereocenters. The van der Waals surface area contributed by atoms with Crippen LogP contribution in [-0.2, 0) is 0 Å². The minimum absolute atomic E-state index is 0.152. The van der Waals surface area contributed by atoms with Crippen molar-refractivity contribution in [1.82, 2.24) is 15.2 Å². The molecule has 0 saturated heterocycles. The van der Waals surface area contributed by atoms with E-state index in [0.717, 1.165) is 11.0 Å². The smallest absolute Gasteiger partial charge is 0.296 e. The number of hydrogen-bond acceptors (Lipinski definition) is 7. The number of nitrogens with one attached hydrogen (secondary N) is 2. The van der Waals surface area contributed by atoms with Crippen molar-refractivity contribution in [2.24, 2.45) is 0 Å². The number of aromatic hydroxyl groups is 1. The molecule has 0 fully saturated rings. The molecule has 1 heterocycles. The highest BCUT2D eigenvalue weighted by Crippen LogP contribution is 2.32. The first-order chi connectivity index (χ1) is 11.1. The molecule has 9 heteroatoms. The first-order valence-electron chi connectivity index (χ1n) is 6.49. The summed E-state index contributed by atoms with van der Waals surface area (Å²) in [5, 5.41) is 30.6. The molecule has 3 N–H and O–H groups in total. The van der Waals surface area contributed by atoms with E-state index in [1.54, 1.807) is 12.1 Å². The van der Waals surface area contributed by atoms with E-state index in [2.05, 4.69) is 20.5 Å². The monoisotopic (exact) mass is 329 g/mol. The number of phenols is 1. The molecule has 23 heavy (non-hydrogen) atoms. The molecule has 116 valence electrons. The average Bonchev–Trinajstić information content (AvgIpc) is 3.04. The highest BCUT2D eigenvalue weighted by molar-refractivity contribution is 7.99. The average molecular weight is 329 g/mol. The lowest BCUT2D eigenvalue weighted by Crippen LogP contribution is -1.96. The second-order valence-electron chi connectivity index (χ2n) is 4.50. The zero-order valence-electron chi connectivity index (χ0n) is 11.6. The normalized spacial score (nSPS) is 10.4. The Morgan fingerprint density at radius 1 is 1.22 bits per heavy atom. The molecule has 2 aromatic carbocycles. The number of hydrogen-bond donors (Lipinski definition) is 3. The van der Waals surface area contributed by atoms with Gasteiger partial charge in [0.15, 0.2) is 5.16 Å². The predicted molar refractivity (Wildman–Crippen MR) is 85.0 cm³/mol. The SMILES string of the molecule is O=[N+]([O-])c1cc(O)ccc1Nc1ccc(Sc2ncn[nH]2)cc1. The highest BCUT2D eigenvalue weighted by atomic mass is 32.2. The maximum atomic E-state index is 11.0. The number of anilines is 2. The van der Waals surface area contributed by atoms with Gasteiger partial charge in [-0.05, 0) is 36.4 Å². The van der Waals surface area contributed by atoms with Gasteiger partial charge in [-0.25, -0.2) is 4.98 Å². The molecule has 0 aliphatic rings. The molecule has 0 unspecified atom stereocenters. The number of H-pyrrole nitrogens is 1. The van der Waals surface area contributed by atoms with Gasteiger partial charge in [0.25, 0.3) is 5.69 Å². The predicted octanol–water partition coefficient (Wildman–Crippen LogP) is 3.31. The van der Waals surface area contributed by atoms with Crippen molar-refractivity contribution in [1.29, 1.82) is 0 Å². The number of nitro benzene ring substituents is 1.